The van der Waals surface area contributed by atoms with Crippen molar-refractivity contribution < 1.29 is 9.53 Å². The van der Waals surface area contributed by atoms with E-state index in [-0.39, 0.29) is 0 Å². The summed E-state index contributed by atoms with van der Waals surface area (Å²) >= 11 is 0. The first kappa shape index (κ1) is 19.0. The standard InChI is InChI=1S/C23H21N3O2/c1-2-28-23(27)20-9-6-10-21(25)22(20)26-15-16-11-12-19(18(13-16)14-24)17-7-4-3-5-8-17/h3-13,26H,2,15,25H2,1H3. The van der Waals surface area contributed by atoms with Crippen LogP contribution in [-0.2, 0) is 11.3 Å². The maximum atomic E-state index is 12.2. The third-order valence-corrected chi connectivity index (χ3v) is 4.35. The van der Waals surface area contributed by atoms with Crippen LogP contribution in [0.25, 0.3) is 11.1 Å². The molecule has 28 heavy (non-hydrogen) atoms. The van der Waals surface area contributed by atoms with E-state index in [2.05, 4.69) is 11.4 Å². The van der Waals surface area contributed by atoms with Crippen LogP contribution in [0.15, 0.2) is 66.7 Å². The first-order chi connectivity index (χ1) is 13.6. The summed E-state index contributed by atoms with van der Waals surface area (Å²) < 4.78 is 5.10. The van der Waals surface area contributed by atoms with Crippen molar-refractivity contribution in [2.45, 2.75) is 13.5 Å². The predicted molar refractivity (Wildman–Crippen MR) is 111 cm³/mol. The number of carbonyl (C=O) groups excluding carboxylic acids is 1. The van der Waals surface area contributed by atoms with E-state index in [1.807, 2.05) is 48.5 Å². The minimum atomic E-state index is -0.422. The number of nitrogens with one attached hydrogen (secondary N) is 1. The highest BCUT2D eigenvalue weighted by Gasteiger charge is 2.15. The van der Waals surface area contributed by atoms with Gasteiger partial charge in [-0.25, -0.2) is 4.79 Å². The summed E-state index contributed by atoms with van der Waals surface area (Å²) in [7, 11) is 0. The molecule has 0 aromatic heterocycles. The van der Waals surface area contributed by atoms with Crippen molar-refractivity contribution in [3.05, 3.63) is 83.4 Å². The van der Waals surface area contributed by atoms with Gasteiger partial charge in [0.25, 0.3) is 0 Å². The van der Waals surface area contributed by atoms with Crippen LogP contribution in [0.1, 0.15) is 28.4 Å². The van der Waals surface area contributed by atoms with Crippen molar-refractivity contribution in [3.63, 3.8) is 0 Å². The number of carbonyl (C=O) groups is 1. The van der Waals surface area contributed by atoms with Crippen LogP contribution in [0.4, 0.5) is 11.4 Å². The van der Waals surface area contributed by atoms with Gasteiger partial charge in [-0.2, -0.15) is 5.26 Å². The van der Waals surface area contributed by atoms with E-state index in [1.165, 1.54) is 0 Å². The Bertz CT molecular complexity index is 1020. The minimum absolute atomic E-state index is 0.291. The number of esters is 1. The van der Waals surface area contributed by atoms with Gasteiger partial charge in [0.2, 0.25) is 0 Å². The Hall–Kier alpha value is -3.78. The number of ether oxygens (including phenoxy) is 1. The zero-order valence-corrected chi connectivity index (χ0v) is 15.6. The van der Waals surface area contributed by atoms with Gasteiger partial charge < -0.3 is 15.8 Å². The third-order valence-electron chi connectivity index (χ3n) is 4.35. The number of rotatable bonds is 6. The van der Waals surface area contributed by atoms with Gasteiger partial charge in [0, 0.05) is 6.54 Å². The molecule has 0 saturated carbocycles. The molecule has 0 spiro atoms. The van der Waals surface area contributed by atoms with E-state index in [0.29, 0.717) is 35.7 Å². The van der Waals surface area contributed by atoms with E-state index in [9.17, 15) is 10.1 Å². The number of nitrogens with two attached hydrogens (primary N) is 1. The monoisotopic (exact) mass is 371 g/mol. The Morgan fingerprint density at radius 3 is 2.61 bits per heavy atom. The Labute approximate surface area is 164 Å². The molecule has 0 amide bonds. The van der Waals surface area contributed by atoms with Crippen LogP contribution < -0.4 is 11.1 Å². The van der Waals surface area contributed by atoms with E-state index in [1.54, 1.807) is 25.1 Å². The van der Waals surface area contributed by atoms with Crippen molar-refractivity contribution in [3.8, 4) is 17.2 Å². The molecule has 0 atom stereocenters. The topological polar surface area (TPSA) is 88.1 Å². The molecule has 140 valence electrons. The zero-order valence-electron chi connectivity index (χ0n) is 15.6. The van der Waals surface area contributed by atoms with Gasteiger partial charge >= 0.3 is 5.97 Å². The molecular weight excluding hydrogens is 350 g/mol. The fourth-order valence-corrected chi connectivity index (χ4v) is 3.00. The summed E-state index contributed by atoms with van der Waals surface area (Å²) in [6.07, 6.45) is 0. The van der Waals surface area contributed by atoms with Crippen molar-refractivity contribution >= 4 is 17.3 Å². The molecule has 0 bridgehead atoms. The number of nitrogens with zero attached hydrogens (tertiary/aromatic N) is 1. The molecule has 3 rings (SSSR count). The van der Waals surface area contributed by atoms with Crippen LogP contribution in [0.3, 0.4) is 0 Å². The summed E-state index contributed by atoms with van der Waals surface area (Å²) in [5.74, 6) is -0.422. The molecule has 3 aromatic rings. The van der Waals surface area contributed by atoms with Crippen molar-refractivity contribution in [1.82, 2.24) is 0 Å². The quantitative estimate of drug-likeness (QED) is 0.488. The van der Waals surface area contributed by atoms with Crippen LogP contribution >= 0.6 is 0 Å². The Morgan fingerprint density at radius 2 is 1.89 bits per heavy atom. The van der Waals surface area contributed by atoms with E-state index in [0.717, 1.165) is 16.7 Å². The van der Waals surface area contributed by atoms with Crippen molar-refractivity contribution in [2.24, 2.45) is 0 Å². The lowest BCUT2D eigenvalue weighted by atomic mass is 9.98. The molecule has 3 aromatic carbocycles. The largest absolute Gasteiger partial charge is 0.462 e. The van der Waals surface area contributed by atoms with Gasteiger partial charge in [-0.3, -0.25) is 0 Å². The average molecular weight is 371 g/mol. The predicted octanol–water partition coefficient (Wildman–Crippen LogP) is 4.60. The highest BCUT2D eigenvalue weighted by atomic mass is 16.5. The maximum absolute atomic E-state index is 12.2. The number of hydrogen-bond acceptors (Lipinski definition) is 5. The Balaban J connectivity index is 1.85. The number of para-hydroxylation sites is 1. The minimum Gasteiger partial charge on any atom is -0.462 e. The lowest BCUT2D eigenvalue weighted by molar-refractivity contribution is 0.0527. The second-order valence-corrected chi connectivity index (χ2v) is 6.20. The van der Waals surface area contributed by atoms with Crippen molar-refractivity contribution in [1.29, 1.82) is 5.26 Å². The second-order valence-electron chi connectivity index (χ2n) is 6.20. The highest BCUT2D eigenvalue weighted by Crippen LogP contribution is 2.27. The maximum Gasteiger partial charge on any atom is 0.340 e. The van der Waals surface area contributed by atoms with Gasteiger partial charge in [0.1, 0.15) is 0 Å². The Kier molecular flexibility index (Phi) is 5.93. The summed E-state index contributed by atoms with van der Waals surface area (Å²) in [6.45, 7) is 2.47. The molecule has 5 heteroatoms. The first-order valence-corrected chi connectivity index (χ1v) is 9.02. The normalized spacial score (nSPS) is 10.1. The first-order valence-electron chi connectivity index (χ1n) is 9.02. The fourth-order valence-electron chi connectivity index (χ4n) is 3.00. The molecular formula is C23H21N3O2. The molecule has 0 aliphatic rings. The Morgan fingerprint density at radius 1 is 1.11 bits per heavy atom. The highest BCUT2D eigenvalue weighted by molar-refractivity contribution is 5.98. The molecule has 0 unspecified atom stereocenters. The molecule has 3 N–H and O–H groups in total. The second kappa shape index (κ2) is 8.74. The van der Waals surface area contributed by atoms with Gasteiger partial charge in [-0.1, -0.05) is 48.5 Å². The lowest BCUT2D eigenvalue weighted by Crippen LogP contribution is -2.11. The van der Waals surface area contributed by atoms with Gasteiger partial charge in [0.15, 0.2) is 0 Å². The van der Waals surface area contributed by atoms with E-state index < -0.39 is 5.97 Å². The number of nitriles is 1. The molecule has 0 heterocycles. The van der Waals surface area contributed by atoms with Crippen LogP contribution in [0, 0.1) is 11.3 Å². The molecule has 0 fully saturated rings. The molecule has 5 nitrogen and oxygen atoms in total. The van der Waals surface area contributed by atoms with Crippen molar-refractivity contribution in [2.75, 3.05) is 17.7 Å². The number of benzene rings is 3. The number of nitrogen functional groups attached to an aromatic ring is 1. The molecule has 0 saturated heterocycles. The van der Waals surface area contributed by atoms with E-state index in [4.69, 9.17) is 10.5 Å². The van der Waals surface area contributed by atoms with E-state index >= 15 is 0 Å². The summed E-state index contributed by atoms with van der Waals surface area (Å²) in [5, 5.41) is 12.8. The van der Waals surface area contributed by atoms with Crippen LogP contribution in [-0.4, -0.2) is 12.6 Å². The smallest absolute Gasteiger partial charge is 0.340 e. The van der Waals surface area contributed by atoms with Gasteiger partial charge in [0.05, 0.1) is 35.2 Å². The summed E-state index contributed by atoms with van der Waals surface area (Å²) in [5.41, 5.74) is 10.8. The molecule has 0 aliphatic carbocycles. The fraction of sp³-hybridized carbons (Fsp3) is 0.130. The SMILES string of the molecule is CCOC(=O)c1cccc(N)c1NCc1ccc(-c2ccccc2)c(C#N)c1. The van der Waals surface area contributed by atoms with Gasteiger partial charge in [-0.15, -0.1) is 0 Å². The molecule has 0 radical (unpaired) electrons. The molecule has 0 aliphatic heterocycles. The third kappa shape index (κ3) is 4.13. The number of hydrogen-bond donors (Lipinski definition) is 2. The van der Waals surface area contributed by atoms with Crippen LogP contribution in [0.5, 0.6) is 0 Å². The summed E-state index contributed by atoms with van der Waals surface area (Å²) in [4.78, 5) is 12.2. The van der Waals surface area contributed by atoms with Crippen LogP contribution in [0.2, 0.25) is 0 Å². The average Bonchev–Trinajstić information content (AvgIpc) is 2.73. The van der Waals surface area contributed by atoms with Gasteiger partial charge in [-0.05, 0) is 41.8 Å². The summed E-state index contributed by atoms with van der Waals surface area (Å²) in [6, 6.07) is 22.9. The zero-order chi connectivity index (χ0) is 19.9. The number of anilines is 2. The lowest BCUT2D eigenvalue weighted by Gasteiger charge is -2.14.